The lowest BCUT2D eigenvalue weighted by Gasteiger charge is -2.37. The van der Waals surface area contributed by atoms with E-state index < -0.39 is 0 Å². The van der Waals surface area contributed by atoms with Crippen LogP contribution in [0.15, 0.2) is 253 Å². The molecule has 3 unspecified atom stereocenters. The molecule has 10 rings (SSSR count). The van der Waals surface area contributed by atoms with Gasteiger partial charge in [0.25, 0.3) is 0 Å². The highest BCUT2D eigenvalue weighted by atomic mass is 15.2. The van der Waals surface area contributed by atoms with E-state index in [2.05, 4.69) is 298 Å². The lowest BCUT2D eigenvalue weighted by molar-refractivity contribution is 0.605. The van der Waals surface area contributed by atoms with Gasteiger partial charge in [0.2, 0.25) is 0 Å². The fourth-order valence-electron chi connectivity index (χ4n) is 10.3. The zero-order valence-electron chi connectivity index (χ0n) is 41.2. The molecule has 0 aromatic heterocycles. The van der Waals surface area contributed by atoms with Crippen molar-refractivity contribution in [2.45, 2.75) is 54.0 Å². The van der Waals surface area contributed by atoms with E-state index in [1.165, 1.54) is 45.0 Å². The van der Waals surface area contributed by atoms with Crippen LogP contribution in [0.25, 0.3) is 11.1 Å². The van der Waals surface area contributed by atoms with Gasteiger partial charge in [0.05, 0.1) is 6.04 Å². The second-order valence-corrected chi connectivity index (χ2v) is 19.2. The molecule has 0 amide bonds. The molecule has 8 aromatic carbocycles. The Kier molecular flexibility index (Phi) is 13.2. The SMILES string of the molecule is CC1=CC(C)CC(N(c2ccc(N(c3ccccc3)c3ccc(-c4ccc(N(c5ccccc5)c5ccc(N(c6cccc(C)c6)C6C=C(C)C=CC6C)cc5)cc4)cc3)cc2)c2cccc(C)c2)=C1. The molecule has 0 saturated heterocycles. The van der Waals surface area contributed by atoms with Crippen LogP contribution in [0.5, 0.6) is 0 Å². The van der Waals surface area contributed by atoms with Gasteiger partial charge in [0.15, 0.2) is 0 Å². The smallest absolute Gasteiger partial charge is 0.0587 e. The summed E-state index contributed by atoms with van der Waals surface area (Å²) in [5.41, 5.74) is 20.0. The van der Waals surface area contributed by atoms with Gasteiger partial charge in [-0.2, -0.15) is 0 Å². The van der Waals surface area contributed by atoms with E-state index >= 15 is 0 Å². The zero-order chi connectivity index (χ0) is 48.1. The number of benzene rings is 8. The van der Waals surface area contributed by atoms with Crippen molar-refractivity contribution in [3.05, 3.63) is 265 Å². The molecule has 2 aliphatic rings. The third-order valence-electron chi connectivity index (χ3n) is 13.6. The number of anilines is 10. The topological polar surface area (TPSA) is 13.0 Å². The van der Waals surface area contributed by atoms with E-state index in [1.54, 1.807) is 0 Å². The summed E-state index contributed by atoms with van der Waals surface area (Å²) < 4.78 is 0. The number of rotatable bonds is 13. The van der Waals surface area contributed by atoms with Gasteiger partial charge in [0, 0.05) is 62.6 Å². The molecule has 0 bridgehead atoms. The average Bonchev–Trinajstić information content (AvgIpc) is 3.37. The van der Waals surface area contributed by atoms with Crippen molar-refractivity contribution in [2.24, 2.45) is 11.8 Å². The number of aryl methyl sites for hydroxylation is 2. The molecule has 4 nitrogen and oxygen atoms in total. The molecule has 0 aliphatic heterocycles. The fourth-order valence-corrected chi connectivity index (χ4v) is 10.3. The Morgan fingerprint density at radius 3 is 1.27 bits per heavy atom. The van der Waals surface area contributed by atoms with Crippen molar-refractivity contribution in [1.29, 1.82) is 0 Å². The maximum absolute atomic E-state index is 2.49. The molecule has 70 heavy (non-hydrogen) atoms. The molecule has 3 atom stereocenters. The summed E-state index contributed by atoms with van der Waals surface area (Å²) in [6.07, 6.45) is 12.7. The standard InChI is InChI=1S/C66H62N4/c1-47-15-13-21-63(42-47)69(65-44-50(4)41-51(5)45-65)61-35-33-59(34-36-61)67(55-17-9-7-10-18-55)57-29-25-53(26-30-57)54-27-31-58(32-28-54)68(56-19-11-8-12-20-56)60-37-39-62(40-38-60)70(64-22-14-16-48(2)43-64)66-46-49(3)23-24-52(66)6/h7-44,46,51-52,66H,45H2,1-6H3. The Labute approximate surface area is 416 Å². The van der Waals surface area contributed by atoms with E-state index in [9.17, 15) is 0 Å². The van der Waals surface area contributed by atoms with Crippen molar-refractivity contribution in [3.63, 3.8) is 0 Å². The summed E-state index contributed by atoms with van der Waals surface area (Å²) in [6, 6.07) is 75.3. The Morgan fingerprint density at radius 2 is 0.786 bits per heavy atom. The Hall–Kier alpha value is -8.08. The summed E-state index contributed by atoms with van der Waals surface area (Å²) in [7, 11) is 0. The molecule has 346 valence electrons. The van der Waals surface area contributed by atoms with Crippen LogP contribution in [0.4, 0.5) is 56.9 Å². The summed E-state index contributed by atoms with van der Waals surface area (Å²) in [5.74, 6) is 0.837. The normalized spacial score (nSPS) is 16.4. The Balaban J connectivity index is 0.934. The van der Waals surface area contributed by atoms with Crippen molar-refractivity contribution in [2.75, 3.05) is 19.6 Å². The van der Waals surface area contributed by atoms with Crippen LogP contribution in [0.3, 0.4) is 0 Å². The molecule has 0 spiro atoms. The summed E-state index contributed by atoms with van der Waals surface area (Å²) in [5, 5.41) is 0. The number of hydrogen-bond acceptors (Lipinski definition) is 4. The maximum Gasteiger partial charge on any atom is 0.0587 e. The minimum absolute atomic E-state index is 0.203. The number of nitrogens with zero attached hydrogens (tertiary/aromatic N) is 4. The average molecular weight is 911 g/mol. The lowest BCUT2D eigenvalue weighted by Crippen LogP contribution is -2.35. The largest absolute Gasteiger partial charge is 0.334 e. The zero-order valence-corrected chi connectivity index (χ0v) is 41.2. The Morgan fingerprint density at radius 1 is 0.371 bits per heavy atom. The van der Waals surface area contributed by atoms with E-state index in [0.717, 1.165) is 57.4 Å². The van der Waals surface area contributed by atoms with Crippen LogP contribution in [-0.4, -0.2) is 6.04 Å². The number of allylic oxidation sites excluding steroid dienone is 6. The second kappa shape index (κ2) is 20.3. The predicted octanol–water partition coefficient (Wildman–Crippen LogP) is 18.6. The first-order valence-corrected chi connectivity index (χ1v) is 24.7. The van der Waals surface area contributed by atoms with E-state index in [-0.39, 0.29) is 6.04 Å². The number of para-hydroxylation sites is 2. The van der Waals surface area contributed by atoms with E-state index in [4.69, 9.17) is 0 Å². The molecule has 8 aromatic rings. The molecular weight excluding hydrogens is 849 g/mol. The quantitative estimate of drug-likeness (QED) is 0.114. The van der Waals surface area contributed by atoms with Gasteiger partial charge in [-0.15, -0.1) is 0 Å². The summed E-state index contributed by atoms with van der Waals surface area (Å²) in [6.45, 7) is 13.4. The van der Waals surface area contributed by atoms with Crippen LogP contribution < -0.4 is 19.6 Å². The summed E-state index contributed by atoms with van der Waals surface area (Å²) in [4.78, 5) is 9.61. The molecule has 2 aliphatic carbocycles. The highest BCUT2D eigenvalue weighted by molar-refractivity contribution is 5.83. The van der Waals surface area contributed by atoms with Gasteiger partial charge < -0.3 is 19.6 Å². The van der Waals surface area contributed by atoms with Crippen LogP contribution >= 0.6 is 0 Å². The first kappa shape index (κ1) is 45.7. The minimum atomic E-state index is 0.203. The van der Waals surface area contributed by atoms with Gasteiger partial charge in [-0.3, -0.25) is 0 Å². The van der Waals surface area contributed by atoms with Crippen LogP contribution in [0.2, 0.25) is 0 Å². The van der Waals surface area contributed by atoms with Crippen molar-refractivity contribution in [1.82, 2.24) is 0 Å². The van der Waals surface area contributed by atoms with Crippen LogP contribution in [-0.2, 0) is 0 Å². The number of hydrogen-bond donors (Lipinski definition) is 0. The van der Waals surface area contributed by atoms with Crippen molar-refractivity contribution >= 4 is 56.9 Å². The highest BCUT2D eigenvalue weighted by Gasteiger charge is 2.26. The second-order valence-electron chi connectivity index (χ2n) is 19.2. The van der Waals surface area contributed by atoms with Crippen LogP contribution in [0, 0.1) is 25.7 Å². The first-order chi connectivity index (χ1) is 34.1. The van der Waals surface area contributed by atoms with Crippen molar-refractivity contribution < 1.29 is 0 Å². The van der Waals surface area contributed by atoms with Gasteiger partial charge in [-0.05, 0) is 196 Å². The lowest BCUT2D eigenvalue weighted by atomic mass is 9.91. The Bertz CT molecular complexity index is 3180. The fraction of sp³-hybridized carbons (Fsp3) is 0.152. The molecule has 0 saturated carbocycles. The minimum Gasteiger partial charge on any atom is -0.334 e. The van der Waals surface area contributed by atoms with Gasteiger partial charge in [-0.25, -0.2) is 0 Å². The first-order valence-electron chi connectivity index (χ1n) is 24.7. The molecule has 4 heteroatoms. The highest BCUT2D eigenvalue weighted by Crippen LogP contribution is 2.42. The third-order valence-corrected chi connectivity index (χ3v) is 13.6. The van der Waals surface area contributed by atoms with Gasteiger partial charge >= 0.3 is 0 Å². The molecule has 0 fully saturated rings. The monoisotopic (exact) mass is 910 g/mol. The van der Waals surface area contributed by atoms with Gasteiger partial charge in [0.1, 0.15) is 0 Å². The molecule has 0 heterocycles. The molecular formula is C66H62N4. The molecule has 0 N–H and O–H groups in total. The van der Waals surface area contributed by atoms with E-state index in [0.29, 0.717) is 11.8 Å². The predicted molar refractivity (Wildman–Crippen MR) is 299 cm³/mol. The third kappa shape index (κ3) is 9.90. The van der Waals surface area contributed by atoms with Crippen LogP contribution in [0.1, 0.15) is 45.2 Å². The molecule has 0 radical (unpaired) electrons. The summed E-state index contributed by atoms with van der Waals surface area (Å²) >= 11 is 0. The van der Waals surface area contributed by atoms with E-state index in [1.807, 2.05) is 0 Å². The van der Waals surface area contributed by atoms with Gasteiger partial charge in [-0.1, -0.05) is 134 Å². The van der Waals surface area contributed by atoms with Crippen molar-refractivity contribution in [3.8, 4) is 11.1 Å². The maximum atomic E-state index is 2.49.